The zero-order valence-electron chi connectivity index (χ0n) is 10.8. The molecule has 0 heterocycles. The minimum atomic E-state index is -0.292. The normalized spacial score (nSPS) is 11.7. The van der Waals surface area contributed by atoms with Crippen molar-refractivity contribution in [3.8, 4) is 0 Å². The van der Waals surface area contributed by atoms with E-state index in [2.05, 4.69) is 5.32 Å². The fourth-order valence-corrected chi connectivity index (χ4v) is 1.72. The smallest absolute Gasteiger partial charge is 0.310 e. The summed E-state index contributed by atoms with van der Waals surface area (Å²) < 4.78 is 4.74. The van der Waals surface area contributed by atoms with Crippen LogP contribution in [0.3, 0.4) is 0 Å². The first-order valence-electron chi connectivity index (χ1n) is 5.99. The second-order valence-corrected chi connectivity index (χ2v) is 4.18. The third-order valence-electron chi connectivity index (χ3n) is 2.76. The van der Waals surface area contributed by atoms with Gasteiger partial charge in [0.15, 0.2) is 0 Å². The number of rotatable bonds is 6. The molecule has 4 nitrogen and oxygen atoms in total. The number of ether oxygens (including phenoxy) is 1. The van der Waals surface area contributed by atoms with Gasteiger partial charge in [0.1, 0.15) is 0 Å². The van der Waals surface area contributed by atoms with Crippen molar-refractivity contribution in [3.05, 3.63) is 35.9 Å². The molecular formula is C14H19NO3. The van der Waals surface area contributed by atoms with Crippen LogP contribution in [-0.4, -0.2) is 25.5 Å². The van der Waals surface area contributed by atoms with E-state index in [0.717, 1.165) is 6.42 Å². The van der Waals surface area contributed by atoms with Crippen LogP contribution < -0.4 is 5.32 Å². The zero-order valence-corrected chi connectivity index (χ0v) is 10.8. The number of hydrogen-bond acceptors (Lipinski definition) is 3. The van der Waals surface area contributed by atoms with Crippen molar-refractivity contribution in [2.75, 3.05) is 13.7 Å². The number of methoxy groups -OCH3 is 1. The maximum Gasteiger partial charge on any atom is 0.310 e. The highest BCUT2D eigenvalue weighted by Gasteiger charge is 2.19. The Morgan fingerprint density at radius 3 is 2.50 bits per heavy atom. The molecule has 1 aromatic rings. The topological polar surface area (TPSA) is 55.4 Å². The molecule has 0 fully saturated rings. The van der Waals surface area contributed by atoms with Crippen LogP contribution in [0.25, 0.3) is 0 Å². The summed E-state index contributed by atoms with van der Waals surface area (Å²) in [5, 5.41) is 2.66. The molecule has 0 aliphatic carbocycles. The van der Waals surface area contributed by atoms with Gasteiger partial charge in [-0.1, -0.05) is 30.3 Å². The molecule has 0 spiro atoms. The number of nitrogens with one attached hydrogen (secondary N) is 1. The van der Waals surface area contributed by atoms with E-state index in [4.69, 9.17) is 4.74 Å². The summed E-state index contributed by atoms with van der Waals surface area (Å²) in [6, 6.07) is 9.94. The molecule has 0 saturated carbocycles. The summed E-state index contributed by atoms with van der Waals surface area (Å²) >= 11 is 0. The van der Waals surface area contributed by atoms with Gasteiger partial charge in [0.2, 0.25) is 5.91 Å². The average Bonchev–Trinajstić information content (AvgIpc) is 2.39. The Labute approximate surface area is 107 Å². The van der Waals surface area contributed by atoms with E-state index in [-0.39, 0.29) is 17.8 Å². The summed E-state index contributed by atoms with van der Waals surface area (Å²) in [6.07, 6.45) is 1.46. The van der Waals surface area contributed by atoms with Crippen LogP contribution in [0.5, 0.6) is 0 Å². The molecule has 0 radical (unpaired) electrons. The second kappa shape index (κ2) is 7.48. The van der Waals surface area contributed by atoms with Crippen LogP contribution in [0.1, 0.15) is 18.9 Å². The monoisotopic (exact) mass is 249 g/mol. The van der Waals surface area contributed by atoms with Crippen LogP contribution in [0.4, 0.5) is 0 Å². The minimum Gasteiger partial charge on any atom is -0.469 e. The number of amides is 1. The minimum absolute atomic E-state index is 0.136. The highest BCUT2D eigenvalue weighted by atomic mass is 16.5. The number of carbonyl (C=O) groups is 2. The third kappa shape index (κ3) is 4.99. The fraction of sp³-hybridized carbons (Fsp3) is 0.429. The Morgan fingerprint density at radius 1 is 1.28 bits per heavy atom. The van der Waals surface area contributed by atoms with E-state index in [1.54, 1.807) is 0 Å². The Kier molecular flexibility index (Phi) is 5.91. The lowest BCUT2D eigenvalue weighted by Gasteiger charge is -2.14. The summed E-state index contributed by atoms with van der Waals surface area (Å²) in [7, 11) is 1.37. The van der Waals surface area contributed by atoms with Crippen molar-refractivity contribution in [2.45, 2.75) is 19.8 Å². The van der Waals surface area contributed by atoms with E-state index in [9.17, 15) is 9.59 Å². The molecule has 1 atom stereocenters. The van der Waals surface area contributed by atoms with Gasteiger partial charge in [0, 0.05) is 13.5 Å². The van der Waals surface area contributed by atoms with E-state index < -0.39 is 0 Å². The summed E-state index contributed by atoms with van der Waals surface area (Å²) in [6.45, 7) is 1.76. The quantitative estimate of drug-likeness (QED) is 0.778. The lowest BCUT2D eigenvalue weighted by molar-refractivity contribution is -0.145. The SMILES string of the molecule is COC(=O)C(CCc1ccccc1)CNC(C)=O. The number of carbonyl (C=O) groups excluding carboxylic acids is 2. The lowest BCUT2D eigenvalue weighted by atomic mass is 9.99. The molecule has 1 rings (SSSR count). The Hall–Kier alpha value is -1.84. The van der Waals surface area contributed by atoms with Gasteiger partial charge in [0.25, 0.3) is 0 Å². The number of benzene rings is 1. The predicted molar refractivity (Wildman–Crippen MR) is 69.0 cm³/mol. The molecule has 1 amide bonds. The van der Waals surface area contributed by atoms with E-state index >= 15 is 0 Å². The largest absolute Gasteiger partial charge is 0.469 e. The van der Waals surface area contributed by atoms with Crippen LogP contribution in [-0.2, 0) is 20.7 Å². The Morgan fingerprint density at radius 2 is 1.94 bits per heavy atom. The van der Waals surface area contributed by atoms with Gasteiger partial charge in [-0.15, -0.1) is 0 Å². The van der Waals surface area contributed by atoms with E-state index in [0.29, 0.717) is 13.0 Å². The summed E-state index contributed by atoms with van der Waals surface area (Å²) in [5.74, 6) is -0.706. The number of aryl methyl sites for hydroxylation is 1. The highest BCUT2D eigenvalue weighted by molar-refractivity contribution is 5.76. The average molecular weight is 249 g/mol. The van der Waals surface area contributed by atoms with Crippen molar-refractivity contribution >= 4 is 11.9 Å². The predicted octanol–water partition coefficient (Wildman–Crippen LogP) is 1.54. The van der Waals surface area contributed by atoms with Crippen LogP contribution in [0.2, 0.25) is 0 Å². The van der Waals surface area contributed by atoms with Crippen molar-refractivity contribution in [2.24, 2.45) is 5.92 Å². The summed E-state index contributed by atoms with van der Waals surface area (Å²) in [5.41, 5.74) is 1.18. The highest BCUT2D eigenvalue weighted by Crippen LogP contribution is 2.11. The maximum atomic E-state index is 11.6. The van der Waals surface area contributed by atoms with Gasteiger partial charge in [-0.25, -0.2) is 0 Å². The fourth-order valence-electron chi connectivity index (χ4n) is 1.72. The van der Waals surface area contributed by atoms with Gasteiger partial charge >= 0.3 is 5.97 Å². The maximum absolute atomic E-state index is 11.6. The molecule has 18 heavy (non-hydrogen) atoms. The molecule has 0 aliphatic heterocycles. The zero-order chi connectivity index (χ0) is 13.4. The van der Waals surface area contributed by atoms with E-state index in [1.165, 1.54) is 19.6 Å². The molecule has 4 heteroatoms. The van der Waals surface area contributed by atoms with Gasteiger partial charge in [-0.05, 0) is 18.4 Å². The first kappa shape index (κ1) is 14.2. The first-order chi connectivity index (χ1) is 8.63. The van der Waals surface area contributed by atoms with Crippen molar-refractivity contribution in [3.63, 3.8) is 0 Å². The van der Waals surface area contributed by atoms with Crippen molar-refractivity contribution < 1.29 is 14.3 Å². The third-order valence-corrected chi connectivity index (χ3v) is 2.76. The molecular weight excluding hydrogens is 230 g/mol. The number of esters is 1. The van der Waals surface area contributed by atoms with Crippen molar-refractivity contribution in [1.29, 1.82) is 0 Å². The Balaban J connectivity index is 2.50. The lowest BCUT2D eigenvalue weighted by Crippen LogP contribution is -2.32. The second-order valence-electron chi connectivity index (χ2n) is 4.18. The molecule has 1 aromatic carbocycles. The van der Waals surface area contributed by atoms with Crippen molar-refractivity contribution in [1.82, 2.24) is 5.32 Å². The van der Waals surface area contributed by atoms with Gasteiger partial charge in [-0.3, -0.25) is 9.59 Å². The summed E-state index contributed by atoms with van der Waals surface area (Å²) in [4.78, 5) is 22.4. The Bertz CT molecular complexity index is 389. The first-order valence-corrected chi connectivity index (χ1v) is 5.99. The van der Waals surface area contributed by atoms with Gasteiger partial charge in [-0.2, -0.15) is 0 Å². The standard InChI is InChI=1S/C14H19NO3/c1-11(16)15-10-13(14(17)18-2)9-8-12-6-4-3-5-7-12/h3-7,13H,8-10H2,1-2H3,(H,15,16). The molecule has 0 aromatic heterocycles. The van der Waals surface area contributed by atoms with Crippen LogP contribution in [0, 0.1) is 5.92 Å². The van der Waals surface area contributed by atoms with Gasteiger partial charge < -0.3 is 10.1 Å². The molecule has 0 aliphatic rings. The molecule has 0 saturated heterocycles. The number of hydrogen-bond donors (Lipinski definition) is 1. The van der Waals surface area contributed by atoms with Crippen LogP contribution >= 0.6 is 0 Å². The molecule has 1 unspecified atom stereocenters. The van der Waals surface area contributed by atoms with Gasteiger partial charge in [0.05, 0.1) is 13.0 Å². The van der Waals surface area contributed by atoms with Crippen LogP contribution in [0.15, 0.2) is 30.3 Å². The van der Waals surface area contributed by atoms with E-state index in [1.807, 2.05) is 30.3 Å². The molecule has 1 N–H and O–H groups in total. The molecule has 0 bridgehead atoms. The molecule has 98 valence electrons.